The van der Waals surface area contributed by atoms with Gasteiger partial charge in [0, 0.05) is 16.3 Å². The van der Waals surface area contributed by atoms with Crippen LogP contribution in [-0.4, -0.2) is 24.5 Å². The van der Waals surface area contributed by atoms with E-state index in [9.17, 15) is 9.59 Å². The molecule has 7 heteroatoms. The van der Waals surface area contributed by atoms with E-state index in [0.29, 0.717) is 40.1 Å². The third-order valence-corrected chi connectivity index (χ3v) is 4.60. The van der Waals surface area contributed by atoms with Gasteiger partial charge < -0.3 is 20.1 Å². The van der Waals surface area contributed by atoms with Crippen molar-refractivity contribution in [1.29, 1.82) is 0 Å². The SMILES string of the molecule is CCOc1ccccc1NC(=O)c1ccc(OC(C)C(=O)Nc2ccc(Cl)cc2)cc1. The number of hydrogen-bond acceptors (Lipinski definition) is 4. The Morgan fingerprint density at radius 3 is 2.29 bits per heavy atom. The van der Waals surface area contributed by atoms with Crippen LogP contribution in [0.5, 0.6) is 11.5 Å². The molecular formula is C24H23ClN2O4. The second-order valence-corrected chi connectivity index (χ2v) is 7.10. The number of rotatable bonds is 8. The van der Waals surface area contributed by atoms with Gasteiger partial charge in [0.05, 0.1) is 12.3 Å². The fraction of sp³-hybridized carbons (Fsp3) is 0.167. The molecule has 0 spiro atoms. The van der Waals surface area contributed by atoms with Crippen LogP contribution in [0.25, 0.3) is 0 Å². The Morgan fingerprint density at radius 1 is 0.935 bits per heavy atom. The van der Waals surface area contributed by atoms with Crippen LogP contribution in [0.15, 0.2) is 72.8 Å². The molecule has 3 aromatic carbocycles. The Morgan fingerprint density at radius 2 is 1.61 bits per heavy atom. The minimum absolute atomic E-state index is 0.271. The minimum atomic E-state index is -0.728. The van der Waals surface area contributed by atoms with Crippen molar-refractivity contribution in [2.24, 2.45) is 0 Å². The summed E-state index contributed by atoms with van der Waals surface area (Å²) >= 11 is 5.85. The number of ether oxygens (including phenoxy) is 2. The molecule has 0 saturated carbocycles. The van der Waals surface area contributed by atoms with Crippen molar-refractivity contribution in [1.82, 2.24) is 0 Å². The number of halogens is 1. The van der Waals surface area contributed by atoms with Gasteiger partial charge in [-0.1, -0.05) is 23.7 Å². The average Bonchev–Trinajstić information content (AvgIpc) is 2.77. The van der Waals surface area contributed by atoms with Crippen molar-refractivity contribution < 1.29 is 19.1 Å². The Kier molecular flexibility index (Phi) is 7.51. The molecule has 2 amide bonds. The highest BCUT2D eigenvalue weighted by Crippen LogP contribution is 2.24. The summed E-state index contributed by atoms with van der Waals surface area (Å²) in [7, 11) is 0. The van der Waals surface area contributed by atoms with E-state index in [1.54, 1.807) is 67.6 Å². The molecule has 0 heterocycles. The predicted molar refractivity (Wildman–Crippen MR) is 122 cm³/mol. The Hall–Kier alpha value is -3.51. The Labute approximate surface area is 186 Å². The Bertz CT molecular complexity index is 1040. The van der Waals surface area contributed by atoms with Crippen molar-refractivity contribution in [3.63, 3.8) is 0 Å². The zero-order valence-corrected chi connectivity index (χ0v) is 18.0. The van der Waals surface area contributed by atoms with Crippen molar-refractivity contribution >= 4 is 34.8 Å². The first kappa shape index (κ1) is 22.2. The zero-order valence-electron chi connectivity index (χ0n) is 17.2. The first-order valence-corrected chi connectivity index (χ1v) is 10.2. The number of amides is 2. The molecule has 3 rings (SSSR count). The summed E-state index contributed by atoms with van der Waals surface area (Å²) in [6.45, 7) is 4.04. The average molecular weight is 439 g/mol. The first-order chi connectivity index (χ1) is 15.0. The number of nitrogens with one attached hydrogen (secondary N) is 2. The molecule has 2 N–H and O–H groups in total. The fourth-order valence-electron chi connectivity index (χ4n) is 2.77. The predicted octanol–water partition coefficient (Wildman–Crippen LogP) is 5.40. The smallest absolute Gasteiger partial charge is 0.265 e. The molecule has 0 aromatic heterocycles. The van der Waals surface area contributed by atoms with Gasteiger partial charge >= 0.3 is 0 Å². The molecule has 1 unspecified atom stereocenters. The van der Waals surface area contributed by atoms with E-state index in [-0.39, 0.29) is 11.8 Å². The lowest BCUT2D eigenvalue weighted by Crippen LogP contribution is -2.30. The number of hydrogen-bond donors (Lipinski definition) is 2. The fourth-order valence-corrected chi connectivity index (χ4v) is 2.89. The molecule has 1 atom stereocenters. The van der Waals surface area contributed by atoms with Crippen molar-refractivity contribution in [2.45, 2.75) is 20.0 Å². The van der Waals surface area contributed by atoms with E-state index in [0.717, 1.165) is 0 Å². The van der Waals surface area contributed by atoms with Crippen LogP contribution < -0.4 is 20.1 Å². The van der Waals surface area contributed by atoms with Gasteiger partial charge in [-0.25, -0.2) is 0 Å². The lowest BCUT2D eigenvalue weighted by molar-refractivity contribution is -0.122. The van der Waals surface area contributed by atoms with Gasteiger partial charge in [0.1, 0.15) is 11.5 Å². The van der Waals surface area contributed by atoms with E-state index < -0.39 is 6.10 Å². The molecule has 0 radical (unpaired) electrons. The molecule has 0 aliphatic rings. The second-order valence-electron chi connectivity index (χ2n) is 6.66. The lowest BCUT2D eigenvalue weighted by Gasteiger charge is -2.15. The number of benzene rings is 3. The summed E-state index contributed by atoms with van der Waals surface area (Å²) in [5.74, 6) is 0.521. The van der Waals surface area contributed by atoms with Gasteiger partial charge in [-0.05, 0) is 74.5 Å². The minimum Gasteiger partial charge on any atom is -0.492 e. The lowest BCUT2D eigenvalue weighted by atomic mass is 10.2. The highest BCUT2D eigenvalue weighted by atomic mass is 35.5. The second kappa shape index (κ2) is 10.5. The van der Waals surface area contributed by atoms with Gasteiger partial charge in [-0.3, -0.25) is 9.59 Å². The number of anilines is 2. The topological polar surface area (TPSA) is 76.7 Å². The van der Waals surface area contributed by atoms with Crippen LogP contribution in [0.1, 0.15) is 24.2 Å². The van der Waals surface area contributed by atoms with Gasteiger partial charge in [0.2, 0.25) is 0 Å². The summed E-state index contributed by atoms with van der Waals surface area (Å²) in [4.78, 5) is 24.9. The van der Waals surface area contributed by atoms with Crippen LogP contribution in [0.3, 0.4) is 0 Å². The maximum absolute atomic E-state index is 12.6. The third kappa shape index (κ3) is 6.23. The number of carbonyl (C=O) groups is 2. The van der Waals surface area contributed by atoms with Gasteiger partial charge in [0.25, 0.3) is 11.8 Å². The summed E-state index contributed by atoms with van der Waals surface area (Å²) < 4.78 is 11.2. The summed E-state index contributed by atoms with van der Waals surface area (Å²) in [5.41, 5.74) is 1.68. The molecule has 0 fully saturated rings. The third-order valence-electron chi connectivity index (χ3n) is 4.35. The number of para-hydroxylation sites is 2. The van der Waals surface area contributed by atoms with E-state index >= 15 is 0 Å². The normalized spacial score (nSPS) is 11.3. The van der Waals surface area contributed by atoms with Gasteiger partial charge in [-0.2, -0.15) is 0 Å². The molecular weight excluding hydrogens is 416 g/mol. The van der Waals surface area contributed by atoms with E-state index in [1.165, 1.54) is 0 Å². The largest absolute Gasteiger partial charge is 0.492 e. The highest BCUT2D eigenvalue weighted by molar-refractivity contribution is 6.30. The van der Waals surface area contributed by atoms with Gasteiger partial charge in [-0.15, -0.1) is 0 Å². The van der Waals surface area contributed by atoms with Crippen LogP contribution in [0.4, 0.5) is 11.4 Å². The molecule has 31 heavy (non-hydrogen) atoms. The summed E-state index contributed by atoms with van der Waals surface area (Å²) in [6.07, 6.45) is -0.728. The summed E-state index contributed by atoms with van der Waals surface area (Å²) in [5, 5.41) is 6.20. The van der Waals surface area contributed by atoms with Gasteiger partial charge in [0.15, 0.2) is 6.10 Å². The van der Waals surface area contributed by atoms with E-state index in [1.807, 2.05) is 19.1 Å². The molecule has 0 aliphatic carbocycles. The molecule has 3 aromatic rings. The maximum atomic E-state index is 12.6. The molecule has 0 aliphatic heterocycles. The van der Waals surface area contributed by atoms with Crippen LogP contribution >= 0.6 is 11.6 Å². The zero-order chi connectivity index (χ0) is 22.2. The van der Waals surface area contributed by atoms with Crippen LogP contribution in [-0.2, 0) is 4.79 Å². The molecule has 0 bridgehead atoms. The molecule has 160 valence electrons. The monoisotopic (exact) mass is 438 g/mol. The van der Waals surface area contributed by atoms with Crippen LogP contribution in [0.2, 0.25) is 5.02 Å². The first-order valence-electron chi connectivity index (χ1n) is 9.82. The van der Waals surface area contributed by atoms with Crippen molar-refractivity contribution in [2.75, 3.05) is 17.2 Å². The summed E-state index contributed by atoms with van der Waals surface area (Å²) in [6, 6.07) is 20.6. The Balaban J connectivity index is 1.58. The van der Waals surface area contributed by atoms with Crippen molar-refractivity contribution in [3.8, 4) is 11.5 Å². The quantitative estimate of drug-likeness (QED) is 0.494. The molecule has 6 nitrogen and oxygen atoms in total. The van der Waals surface area contributed by atoms with E-state index in [4.69, 9.17) is 21.1 Å². The van der Waals surface area contributed by atoms with Crippen LogP contribution in [0, 0.1) is 0 Å². The standard InChI is InChI=1S/C24H23ClN2O4/c1-3-30-22-7-5-4-6-21(22)27-24(29)17-8-14-20(15-9-17)31-16(2)23(28)26-19-12-10-18(25)11-13-19/h4-16H,3H2,1-2H3,(H,26,28)(H,27,29). The highest BCUT2D eigenvalue weighted by Gasteiger charge is 2.16. The number of carbonyl (C=O) groups excluding carboxylic acids is 2. The maximum Gasteiger partial charge on any atom is 0.265 e. The molecule has 0 saturated heterocycles. The van der Waals surface area contributed by atoms with E-state index in [2.05, 4.69) is 10.6 Å². The van der Waals surface area contributed by atoms with Crippen molar-refractivity contribution in [3.05, 3.63) is 83.4 Å².